The summed E-state index contributed by atoms with van der Waals surface area (Å²) >= 11 is 0. The number of ether oxygens (including phenoxy) is 1. The monoisotopic (exact) mass is 286 g/mol. The molecule has 3 rings (SSSR count). The summed E-state index contributed by atoms with van der Waals surface area (Å²) in [7, 11) is 1.73. The van der Waals surface area contributed by atoms with Crippen LogP contribution in [-0.2, 0) is 11.2 Å². The molecule has 4 atom stereocenters. The van der Waals surface area contributed by atoms with Crippen molar-refractivity contribution >= 4 is 5.78 Å². The van der Waals surface area contributed by atoms with Gasteiger partial charge in [-0.3, -0.25) is 4.79 Å². The van der Waals surface area contributed by atoms with Crippen molar-refractivity contribution in [3.8, 4) is 5.75 Å². The van der Waals surface area contributed by atoms with Crippen molar-refractivity contribution in [1.29, 1.82) is 0 Å². The van der Waals surface area contributed by atoms with Crippen LogP contribution in [-0.4, -0.2) is 12.9 Å². The molecule has 0 aromatic heterocycles. The molecule has 0 unspecified atom stereocenters. The second-order valence-electron chi connectivity index (χ2n) is 7.17. The van der Waals surface area contributed by atoms with Gasteiger partial charge in [-0.2, -0.15) is 0 Å². The molecule has 0 bridgehead atoms. The lowest BCUT2D eigenvalue weighted by Crippen LogP contribution is -2.44. The van der Waals surface area contributed by atoms with Crippen molar-refractivity contribution in [3.63, 3.8) is 0 Å². The van der Waals surface area contributed by atoms with Gasteiger partial charge in [0.05, 0.1) is 7.11 Å². The molecule has 0 spiro atoms. The molecule has 0 heterocycles. The predicted molar refractivity (Wildman–Crippen MR) is 84.7 cm³/mol. The van der Waals surface area contributed by atoms with Crippen LogP contribution < -0.4 is 4.74 Å². The third-order valence-electron chi connectivity index (χ3n) is 6.44. The molecule has 0 aliphatic heterocycles. The van der Waals surface area contributed by atoms with E-state index < -0.39 is 0 Å². The van der Waals surface area contributed by atoms with Crippen LogP contribution in [0.3, 0.4) is 0 Å². The maximum atomic E-state index is 12.1. The maximum Gasteiger partial charge on any atom is 0.135 e. The molecule has 0 saturated heterocycles. The molecular formula is C19H26O2. The van der Waals surface area contributed by atoms with Crippen LogP contribution in [0.25, 0.3) is 0 Å². The summed E-state index contributed by atoms with van der Waals surface area (Å²) in [6.45, 7) is 6.25. The van der Waals surface area contributed by atoms with E-state index in [1.807, 2.05) is 0 Å². The maximum absolute atomic E-state index is 12.1. The number of Topliss-reactive ketones (excluding diaryl/α,β-unsaturated/α-hetero) is 1. The van der Waals surface area contributed by atoms with Gasteiger partial charge in [0.25, 0.3) is 0 Å². The van der Waals surface area contributed by atoms with E-state index in [0.29, 0.717) is 23.5 Å². The Hall–Kier alpha value is -1.31. The fourth-order valence-corrected chi connectivity index (χ4v) is 4.66. The Morgan fingerprint density at radius 1 is 1.33 bits per heavy atom. The lowest BCUT2D eigenvalue weighted by atomic mass is 9.54. The summed E-state index contributed by atoms with van der Waals surface area (Å²) in [4.78, 5) is 12.1. The molecule has 2 nitrogen and oxygen atoms in total. The average Bonchev–Trinajstić information content (AvgIpc) is 2.49. The lowest BCUT2D eigenvalue weighted by Gasteiger charge is -2.49. The van der Waals surface area contributed by atoms with Crippen LogP contribution in [0.15, 0.2) is 18.2 Å². The fraction of sp³-hybridized carbons (Fsp3) is 0.632. The van der Waals surface area contributed by atoms with E-state index >= 15 is 0 Å². The van der Waals surface area contributed by atoms with Gasteiger partial charge in [0.2, 0.25) is 0 Å². The van der Waals surface area contributed by atoms with E-state index in [1.165, 1.54) is 17.5 Å². The van der Waals surface area contributed by atoms with Gasteiger partial charge in [-0.1, -0.05) is 19.9 Å². The molecule has 2 heteroatoms. The largest absolute Gasteiger partial charge is 0.497 e. The topological polar surface area (TPSA) is 26.3 Å². The highest BCUT2D eigenvalue weighted by Crippen LogP contribution is 2.54. The van der Waals surface area contributed by atoms with Gasteiger partial charge in [-0.15, -0.1) is 0 Å². The van der Waals surface area contributed by atoms with Gasteiger partial charge < -0.3 is 4.74 Å². The summed E-state index contributed by atoms with van der Waals surface area (Å²) in [6.07, 6.45) is 4.49. The van der Waals surface area contributed by atoms with Crippen molar-refractivity contribution in [2.24, 2.45) is 17.3 Å². The van der Waals surface area contributed by atoms with Crippen molar-refractivity contribution in [3.05, 3.63) is 29.3 Å². The Kier molecular flexibility index (Phi) is 3.59. The Morgan fingerprint density at radius 3 is 2.76 bits per heavy atom. The molecule has 1 fully saturated rings. The summed E-state index contributed by atoms with van der Waals surface area (Å²) in [5, 5.41) is 0. The summed E-state index contributed by atoms with van der Waals surface area (Å²) in [5.74, 6) is 3.08. The third-order valence-corrected chi connectivity index (χ3v) is 6.44. The Labute approximate surface area is 127 Å². The number of methoxy groups -OCH3 is 1. The van der Waals surface area contributed by atoms with Crippen molar-refractivity contribution in [2.75, 3.05) is 7.11 Å². The van der Waals surface area contributed by atoms with E-state index in [9.17, 15) is 4.79 Å². The molecule has 2 aliphatic rings. The average molecular weight is 286 g/mol. The smallest absolute Gasteiger partial charge is 0.135 e. The predicted octanol–water partition coefficient (Wildman–Crippen LogP) is 4.37. The molecular weight excluding hydrogens is 260 g/mol. The van der Waals surface area contributed by atoms with Crippen molar-refractivity contribution in [1.82, 2.24) is 0 Å². The number of benzene rings is 1. The summed E-state index contributed by atoms with van der Waals surface area (Å²) in [6, 6.07) is 6.55. The minimum Gasteiger partial charge on any atom is -0.497 e. The third kappa shape index (κ3) is 2.20. The van der Waals surface area contributed by atoms with E-state index in [-0.39, 0.29) is 5.41 Å². The first kappa shape index (κ1) is 14.6. The molecule has 1 saturated carbocycles. The van der Waals surface area contributed by atoms with Gasteiger partial charge in [0.15, 0.2) is 0 Å². The van der Waals surface area contributed by atoms with E-state index in [4.69, 9.17) is 4.74 Å². The van der Waals surface area contributed by atoms with E-state index in [2.05, 4.69) is 32.0 Å². The van der Waals surface area contributed by atoms with Crippen molar-refractivity contribution < 1.29 is 9.53 Å². The highest BCUT2D eigenvalue weighted by Gasteiger charge is 2.48. The quantitative estimate of drug-likeness (QED) is 0.807. The number of rotatable bonds is 2. The zero-order valence-corrected chi connectivity index (χ0v) is 13.6. The number of hydrogen-bond donors (Lipinski definition) is 0. The zero-order valence-electron chi connectivity index (χ0n) is 13.6. The number of fused-ring (bicyclic) bond motifs is 3. The molecule has 114 valence electrons. The van der Waals surface area contributed by atoms with E-state index in [1.54, 1.807) is 14.0 Å². The normalized spacial score (nSPS) is 34.8. The second kappa shape index (κ2) is 5.15. The Bertz CT molecular complexity index is 563. The standard InChI is InChI=1S/C19H26O2/c1-12-16-7-5-14-11-15(21-4)6-8-17(14)18(16)9-10-19(12,3)13(2)20/h6,8,11-12,16,18H,5,7,9-10H2,1-4H3/t12-,16-,18-,19-/m0/s1. The van der Waals surface area contributed by atoms with Crippen LogP contribution in [0, 0.1) is 17.3 Å². The Balaban J connectivity index is 1.93. The number of ketones is 1. The molecule has 2 aliphatic carbocycles. The fourth-order valence-electron chi connectivity index (χ4n) is 4.66. The first-order valence-electron chi connectivity index (χ1n) is 8.15. The zero-order chi connectivity index (χ0) is 15.2. The summed E-state index contributed by atoms with van der Waals surface area (Å²) in [5.41, 5.74) is 2.84. The van der Waals surface area contributed by atoms with Gasteiger partial charge in [-0.05, 0) is 73.6 Å². The molecule has 0 radical (unpaired) electrons. The Morgan fingerprint density at radius 2 is 2.10 bits per heavy atom. The molecule has 0 N–H and O–H groups in total. The van der Waals surface area contributed by atoms with Crippen LogP contribution in [0.1, 0.15) is 57.1 Å². The molecule has 1 aromatic rings. The minimum absolute atomic E-state index is 0.120. The van der Waals surface area contributed by atoms with Crippen LogP contribution in [0.4, 0.5) is 0 Å². The van der Waals surface area contributed by atoms with Gasteiger partial charge in [0.1, 0.15) is 11.5 Å². The van der Waals surface area contributed by atoms with Crippen LogP contribution in [0.5, 0.6) is 5.75 Å². The SMILES string of the molecule is COc1ccc2c(c1)CC[C@@H]1[C@@H]2CC[C@](C)(C(C)=O)[C@H]1C. The molecule has 1 aromatic carbocycles. The first-order valence-corrected chi connectivity index (χ1v) is 8.15. The number of aryl methyl sites for hydroxylation is 1. The summed E-state index contributed by atoms with van der Waals surface area (Å²) < 4.78 is 5.36. The lowest BCUT2D eigenvalue weighted by molar-refractivity contribution is -0.132. The van der Waals surface area contributed by atoms with Gasteiger partial charge >= 0.3 is 0 Å². The van der Waals surface area contributed by atoms with Gasteiger partial charge in [-0.25, -0.2) is 0 Å². The van der Waals surface area contributed by atoms with Gasteiger partial charge in [0, 0.05) is 5.41 Å². The number of carbonyl (C=O) groups excluding carboxylic acids is 1. The number of carbonyl (C=O) groups is 1. The highest BCUT2D eigenvalue weighted by atomic mass is 16.5. The molecule has 21 heavy (non-hydrogen) atoms. The number of hydrogen-bond acceptors (Lipinski definition) is 2. The van der Waals surface area contributed by atoms with Crippen LogP contribution >= 0.6 is 0 Å². The molecule has 0 amide bonds. The highest BCUT2D eigenvalue weighted by molar-refractivity contribution is 5.82. The first-order chi connectivity index (χ1) is 9.97. The second-order valence-corrected chi connectivity index (χ2v) is 7.17. The van der Waals surface area contributed by atoms with Crippen molar-refractivity contribution in [2.45, 2.75) is 52.4 Å². The van der Waals surface area contributed by atoms with E-state index in [0.717, 1.165) is 25.0 Å². The van der Waals surface area contributed by atoms with Crippen LogP contribution in [0.2, 0.25) is 0 Å². The minimum atomic E-state index is -0.120.